The second kappa shape index (κ2) is 10.2. The number of rotatable bonds is 10. The Hall–Kier alpha value is -1.63. The molecule has 7 heteroatoms. The van der Waals surface area contributed by atoms with E-state index in [2.05, 4.69) is 5.32 Å². The highest BCUT2D eigenvalue weighted by Gasteiger charge is 2.27. The maximum absolute atomic E-state index is 12.4. The predicted molar refractivity (Wildman–Crippen MR) is 82.1 cm³/mol. The number of hydrogen-bond donors (Lipinski definition) is 3. The number of carboxylic acids is 1. The molecule has 7 nitrogen and oxygen atoms in total. The standard InChI is InChI=1S/C15H27N3O4/c16-9-2-1-6-12(15(22)18-10-3-4-11-18)17-13(19)7-5-8-14(20)21/h12H,1-11,16H2,(H,17,19)(H,20,21)/t12-/m0/s1. The molecule has 0 saturated carbocycles. The normalized spacial score (nSPS) is 15.6. The molecule has 1 atom stereocenters. The molecule has 0 bridgehead atoms. The van der Waals surface area contributed by atoms with Gasteiger partial charge in [-0.25, -0.2) is 0 Å². The van der Waals surface area contributed by atoms with Gasteiger partial charge < -0.3 is 21.1 Å². The summed E-state index contributed by atoms with van der Waals surface area (Å²) in [5, 5.41) is 11.3. The zero-order valence-electron chi connectivity index (χ0n) is 13.1. The first-order valence-electron chi connectivity index (χ1n) is 8.04. The minimum atomic E-state index is -0.916. The van der Waals surface area contributed by atoms with E-state index >= 15 is 0 Å². The van der Waals surface area contributed by atoms with Crippen molar-refractivity contribution in [3.63, 3.8) is 0 Å². The first-order chi connectivity index (χ1) is 10.5. The van der Waals surface area contributed by atoms with Gasteiger partial charge >= 0.3 is 5.97 Å². The van der Waals surface area contributed by atoms with E-state index in [0.717, 1.165) is 38.8 Å². The fourth-order valence-electron chi connectivity index (χ4n) is 2.57. The Morgan fingerprint density at radius 1 is 1.09 bits per heavy atom. The summed E-state index contributed by atoms with van der Waals surface area (Å²) in [6.45, 7) is 2.07. The molecular weight excluding hydrogens is 286 g/mol. The van der Waals surface area contributed by atoms with Gasteiger partial charge in [0, 0.05) is 25.9 Å². The third kappa shape index (κ3) is 6.89. The minimum Gasteiger partial charge on any atom is -0.481 e. The maximum Gasteiger partial charge on any atom is 0.303 e. The van der Waals surface area contributed by atoms with Gasteiger partial charge in [0.15, 0.2) is 0 Å². The molecule has 0 spiro atoms. The zero-order valence-corrected chi connectivity index (χ0v) is 13.1. The van der Waals surface area contributed by atoms with Crippen LogP contribution in [0.1, 0.15) is 51.4 Å². The minimum absolute atomic E-state index is 0.0268. The molecule has 126 valence electrons. The molecule has 1 aliphatic heterocycles. The van der Waals surface area contributed by atoms with Crippen LogP contribution in [0.5, 0.6) is 0 Å². The van der Waals surface area contributed by atoms with Gasteiger partial charge in [-0.15, -0.1) is 0 Å². The van der Waals surface area contributed by atoms with Crippen LogP contribution in [0.2, 0.25) is 0 Å². The van der Waals surface area contributed by atoms with Gasteiger partial charge in [-0.2, -0.15) is 0 Å². The number of amides is 2. The third-order valence-corrected chi connectivity index (χ3v) is 3.79. The molecule has 0 unspecified atom stereocenters. The van der Waals surface area contributed by atoms with Crippen molar-refractivity contribution in [2.75, 3.05) is 19.6 Å². The van der Waals surface area contributed by atoms with Crippen molar-refractivity contribution < 1.29 is 19.5 Å². The number of nitrogens with two attached hydrogens (primary N) is 1. The summed E-state index contributed by atoms with van der Waals surface area (Å²) in [4.78, 5) is 36.6. The van der Waals surface area contributed by atoms with Crippen LogP contribution in [-0.2, 0) is 14.4 Å². The van der Waals surface area contributed by atoms with Gasteiger partial charge in [0.05, 0.1) is 0 Å². The highest BCUT2D eigenvalue weighted by atomic mass is 16.4. The number of likely N-dealkylation sites (tertiary alicyclic amines) is 1. The molecule has 1 aliphatic rings. The van der Waals surface area contributed by atoms with Crippen LogP contribution < -0.4 is 11.1 Å². The molecule has 2 amide bonds. The number of nitrogens with one attached hydrogen (secondary N) is 1. The van der Waals surface area contributed by atoms with Gasteiger partial charge in [0.1, 0.15) is 6.04 Å². The lowest BCUT2D eigenvalue weighted by Gasteiger charge is -2.24. The molecule has 1 rings (SSSR count). The van der Waals surface area contributed by atoms with E-state index in [-0.39, 0.29) is 31.1 Å². The molecule has 1 saturated heterocycles. The van der Waals surface area contributed by atoms with E-state index in [9.17, 15) is 14.4 Å². The molecule has 0 aromatic carbocycles. The Balaban J connectivity index is 2.47. The quantitative estimate of drug-likeness (QED) is 0.508. The molecule has 1 heterocycles. The second-order valence-electron chi connectivity index (χ2n) is 5.68. The zero-order chi connectivity index (χ0) is 16.4. The van der Waals surface area contributed by atoms with Crippen LogP contribution in [-0.4, -0.2) is 53.5 Å². The van der Waals surface area contributed by atoms with Gasteiger partial charge in [-0.3, -0.25) is 14.4 Å². The number of carbonyl (C=O) groups excluding carboxylic acids is 2. The van der Waals surface area contributed by atoms with E-state index in [1.54, 1.807) is 4.90 Å². The van der Waals surface area contributed by atoms with Crippen molar-refractivity contribution in [3.8, 4) is 0 Å². The number of carboxylic acid groups (broad SMARTS) is 1. The Labute approximate surface area is 131 Å². The summed E-state index contributed by atoms with van der Waals surface area (Å²) in [5.41, 5.74) is 5.47. The SMILES string of the molecule is NCCCC[C@H](NC(=O)CCCC(=O)O)C(=O)N1CCCC1. The molecule has 1 fully saturated rings. The number of nitrogens with zero attached hydrogens (tertiary/aromatic N) is 1. The van der Waals surface area contributed by atoms with Crippen molar-refractivity contribution in [2.45, 2.75) is 57.4 Å². The fraction of sp³-hybridized carbons (Fsp3) is 0.800. The summed E-state index contributed by atoms with van der Waals surface area (Å²) < 4.78 is 0. The lowest BCUT2D eigenvalue weighted by molar-refractivity contribution is -0.138. The lowest BCUT2D eigenvalue weighted by Crippen LogP contribution is -2.47. The Morgan fingerprint density at radius 2 is 1.77 bits per heavy atom. The Bertz CT molecular complexity index is 381. The van der Waals surface area contributed by atoms with Crippen LogP contribution in [0.25, 0.3) is 0 Å². The number of hydrogen-bond acceptors (Lipinski definition) is 4. The van der Waals surface area contributed by atoms with E-state index in [4.69, 9.17) is 10.8 Å². The average molecular weight is 313 g/mol. The van der Waals surface area contributed by atoms with Crippen molar-refractivity contribution in [1.82, 2.24) is 10.2 Å². The average Bonchev–Trinajstić information content (AvgIpc) is 2.99. The monoisotopic (exact) mass is 313 g/mol. The maximum atomic E-state index is 12.4. The van der Waals surface area contributed by atoms with Gasteiger partial charge in [0.2, 0.25) is 11.8 Å². The van der Waals surface area contributed by atoms with E-state index < -0.39 is 12.0 Å². The number of carbonyl (C=O) groups is 3. The summed E-state index contributed by atoms with van der Waals surface area (Å²) in [7, 11) is 0. The third-order valence-electron chi connectivity index (χ3n) is 3.79. The second-order valence-corrected chi connectivity index (χ2v) is 5.68. The van der Waals surface area contributed by atoms with Crippen LogP contribution in [0.4, 0.5) is 0 Å². The molecule has 0 aliphatic carbocycles. The van der Waals surface area contributed by atoms with Crippen molar-refractivity contribution in [2.24, 2.45) is 5.73 Å². The summed E-state index contributed by atoms with van der Waals surface area (Å²) in [5.74, 6) is -1.20. The van der Waals surface area contributed by atoms with E-state index in [1.165, 1.54) is 0 Å². The van der Waals surface area contributed by atoms with Crippen molar-refractivity contribution in [3.05, 3.63) is 0 Å². The van der Waals surface area contributed by atoms with Crippen LogP contribution >= 0.6 is 0 Å². The molecular formula is C15H27N3O4. The van der Waals surface area contributed by atoms with Gasteiger partial charge in [-0.05, 0) is 45.1 Å². The molecule has 0 aromatic rings. The first kappa shape index (κ1) is 18.4. The summed E-state index contributed by atoms with van der Waals surface area (Å²) >= 11 is 0. The topological polar surface area (TPSA) is 113 Å². The Kier molecular flexibility index (Phi) is 8.50. The van der Waals surface area contributed by atoms with Crippen molar-refractivity contribution in [1.29, 1.82) is 0 Å². The number of aliphatic carboxylic acids is 1. The smallest absolute Gasteiger partial charge is 0.303 e. The first-order valence-corrected chi connectivity index (χ1v) is 8.04. The number of unbranched alkanes of at least 4 members (excludes halogenated alkanes) is 1. The molecule has 4 N–H and O–H groups in total. The Morgan fingerprint density at radius 3 is 2.36 bits per heavy atom. The van der Waals surface area contributed by atoms with Gasteiger partial charge in [-0.1, -0.05) is 0 Å². The largest absolute Gasteiger partial charge is 0.481 e. The summed E-state index contributed by atoms with van der Waals surface area (Å²) in [6.07, 6.45) is 4.58. The predicted octanol–water partition coefficient (Wildman–Crippen LogP) is 0.478. The molecule has 0 aromatic heterocycles. The van der Waals surface area contributed by atoms with Crippen LogP contribution in [0.15, 0.2) is 0 Å². The lowest BCUT2D eigenvalue weighted by atomic mass is 10.1. The molecule has 0 radical (unpaired) electrons. The van der Waals surface area contributed by atoms with Crippen LogP contribution in [0, 0.1) is 0 Å². The highest BCUT2D eigenvalue weighted by molar-refractivity contribution is 5.87. The molecule has 22 heavy (non-hydrogen) atoms. The fourth-order valence-corrected chi connectivity index (χ4v) is 2.57. The van der Waals surface area contributed by atoms with Gasteiger partial charge in [0.25, 0.3) is 0 Å². The van der Waals surface area contributed by atoms with E-state index in [1.807, 2.05) is 0 Å². The van der Waals surface area contributed by atoms with Crippen molar-refractivity contribution >= 4 is 17.8 Å². The summed E-state index contributed by atoms with van der Waals surface area (Å²) in [6, 6.07) is -0.512. The van der Waals surface area contributed by atoms with E-state index in [0.29, 0.717) is 13.0 Å². The van der Waals surface area contributed by atoms with Crippen LogP contribution in [0.3, 0.4) is 0 Å². The highest BCUT2D eigenvalue weighted by Crippen LogP contribution is 2.12.